The van der Waals surface area contributed by atoms with Gasteiger partial charge in [-0.05, 0) is 37.3 Å². The van der Waals surface area contributed by atoms with E-state index in [0.29, 0.717) is 5.76 Å². The molecule has 0 fully saturated rings. The van der Waals surface area contributed by atoms with Gasteiger partial charge in [-0.25, -0.2) is 0 Å². The van der Waals surface area contributed by atoms with Gasteiger partial charge in [-0.2, -0.15) is 0 Å². The summed E-state index contributed by atoms with van der Waals surface area (Å²) in [5, 5.41) is 2.75. The van der Waals surface area contributed by atoms with Crippen LogP contribution in [0.3, 0.4) is 0 Å². The summed E-state index contributed by atoms with van der Waals surface area (Å²) in [5.74, 6) is 1.32. The van der Waals surface area contributed by atoms with E-state index in [1.807, 2.05) is 49.4 Å². The molecule has 0 bridgehead atoms. The lowest BCUT2D eigenvalue weighted by molar-refractivity contribution is -0.111. The Balaban J connectivity index is 1.96. The molecule has 1 aromatic heterocycles. The highest BCUT2D eigenvalue weighted by atomic mass is 16.3. The summed E-state index contributed by atoms with van der Waals surface area (Å²) in [5.41, 5.74) is 0.776. The number of nitrogens with one attached hydrogen (secondary N) is 1. The van der Waals surface area contributed by atoms with Crippen molar-refractivity contribution in [3.8, 4) is 0 Å². The molecule has 1 N–H and O–H groups in total. The second kappa shape index (κ2) is 5.16. The molecule has 0 saturated carbocycles. The van der Waals surface area contributed by atoms with Crippen LogP contribution >= 0.6 is 0 Å². The number of hydrogen-bond donors (Lipinski definition) is 1. The molecule has 1 aromatic carbocycles. The molecule has 0 spiro atoms. The van der Waals surface area contributed by atoms with Gasteiger partial charge in [0.25, 0.3) is 0 Å². The zero-order chi connectivity index (χ0) is 12.1. The Morgan fingerprint density at radius 2 is 1.94 bits per heavy atom. The summed E-state index contributed by atoms with van der Waals surface area (Å²) in [7, 11) is 0. The highest BCUT2D eigenvalue weighted by Crippen LogP contribution is 2.09. The third-order valence-electron chi connectivity index (χ3n) is 2.20. The third kappa shape index (κ3) is 3.34. The summed E-state index contributed by atoms with van der Waals surface area (Å²) >= 11 is 0. The average Bonchev–Trinajstić information content (AvgIpc) is 2.74. The van der Waals surface area contributed by atoms with E-state index in [0.717, 1.165) is 11.4 Å². The van der Waals surface area contributed by atoms with Crippen LogP contribution < -0.4 is 5.32 Å². The van der Waals surface area contributed by atoms with Gasteiger partial charge in [-0.15, -0.1) is 0 Å². The van der Waals surface area contributed by atoms with Crippen molar-refractivity contribution in [1.82, 2.24) is 0 Å². The van der Waals surface area contributed by atoms with E-state index in [-0.39, 0.29) is 5.91 Å². The molecule has 2 rings (SSSR count). The van der Waals surface area contributed by atoms with Gasteiger partial charge in [0.2, 0.25) is 5.91 Å². The Kier molecular flexibility index (Phi) is 3.40. The third-order valence-corrected chi connectivity index (χ3v) is 2.20. The monoisotopic (exact) mass is 227 g/mol. The van der Waals surface area contributed by atoms with E-state index in [2.05, 4.69) is 5.32 Å². The second-order valence-electron chi connectivity index (χ2n) is 3.64. The topological polar surface area (TPSA) is 42.2 Å². The Morgan fingerprint density at radius 1 is 1.18 bits per heavy atom. The molecule has 2 aromatic rings. The minimum Gasteiger partial charge on any atom is -0.462 e. The highest BCUT2D eigenvalue weighted by Gasteiger charge is 1.98. The van der Waals surface area contributed by atoms with E-state index in [1.165, 1.54) is 6.08 Å². The van der Waals surface area contributed by atoms with Crippen LogP contribution in [0.25, 0.3) is 6.08 Å². The second-order valence-corrected chi connectivity index (χ2v) is 3.64. The maximum absolute atomic E-state index is 11.6. The number of carbonyl (C=O) groups is 1. The fourth-order valence-corrected chi connectivity index (χ4v) is 1.41. The van der Waals surface area contributed by atoms with Crippen LogP contribution in [0.5, 0.6) is 0 Å². The van der Waals surface area contributed by atoms with Crippen LogP contribution in [0.15, 0.2) is 53.0 Å². The van der Waals surface area contributed by atoms with Gasteiger partial charge in [0.05, 0.1) is 0 Å². The fraction of sp³-hybridized carbons (Fsp3) is 0.0714. The van der Waals surface area contributed by atoms with Gasteiger partial charge < -0.3 is 9.73 Å². The Labute approximate surface area is 99.8 Å². The number of amides is 1. The molecule has 86 valence electrons. The van der Waals surface area contributed by atoms with Crippen molar-refractivity contribution in [2.24, 2.45) is 0 Å². The smallest absolute Gasteiger partial charge is 0.248 e. The molecule has 0 aliphatic rings. The number of hydrogen-bond acceptors (Lipinski definition) is 2. The van der Waals surface area contributed by atoms with Gasteiger partial charge >= 0.3 is 0 Å². The molecule has 1 heterocycles. The first-order valence-electron chi connectivity index (χ1n) is 5.34. The van der Waals surface area contributed by atoms with Crippen LogP contribution in [-0.2, 0) is 4.79 Å². The first kappa shape index (κ1) is 11.2. The molecule has 3 nitrogen and oxygen atoms in total. The van der Waals surface area contributed by atoms with Crippen molar-refractivity contribution in [3.05, 3.63) is 60.1 Å². The lowest BCUT2D eigenvalue weighted by atomic mass is 10.3. The van der Waals surface area contributed by atoms with Gasteiger partial charge in [-0.3, -0.25) is 4.79 Å². The molecule has 0 unspecified atom stereocenters. The van der Waals surface area contributed by atoms with Crippen molar-refractivity contribution < 1.29 is 9.21 Å². The predicted octanol–water partition coefficient (Wildman–Crippen LogP) is 3.24. The standard InChI is InChI=1S/C14H13NO2/c1-11-7-8-13(17-11)9-10-14(16)15-12-5-3-2-4-6-12/h2-10H,1H3,(H,15,16). The fourth-order valence-electron chi connectivity index (χ4n) is 1.41. The quantitative estimate of drug-likeness (QED) is 0.818. The lowest BCUT2D eigenvalue weighted by Gasteiger charge is -1.99. The number of anilines is 1. The maximum Gasteiger partial charge on any atom is 0.248 e. The van der Waals surface area contributed by atoms with Gasteiger partial charge in [-0.1, -0.05) is 18.2 Å². The SMILES string of the molecule is Cc1ccc(C=CC(=O)Nc2ccccc2)o1. The Hall–Kier alpha value is -2.29. The van der Waals surface area contributed by atoms with E-state index in [9.17, 15) is 4.79 Å². The Bertz CT molecular complexity index is 526. The summed E-state index contributed by atoms with van der Waals surface area (Å²) in [4.78, 5) is 11.6. The number of para-hydroxylation sites is 1. The average molecular weight is 227 g/mol. The predicted molar refractivity (Wildman–Crippen MR) is 67.6 cm³/mol. The number of rotatable bonds is 3. The number of aryl methyl sites for hydroxylation is 1. The molecule has 3 heteroatoms. The highest BCUT2D eigenvalue weighted by molar-refractivity contribution is 6.01. The largest absolute Gasteiger partial charge is 0.462 e. The van der Waals surface area contributed by atoms with E-state index in [4.69, 9.17) is 4.42 Å². The first-order valence-corrected chi connectivity index (χ1v) is 5.34. The number of carbonyl (C=O) groups excluding carboxylic acids is 1. The van der Waals surface area contributed by atoms with Crippen molar-refractivity contribution in [3.63, 3.8) is 0 Å². The molecule has 1 amide bonds. The van der Waals surface area contributed by atoms with E-state index < -0.39 is 0 Å². The summed E-state index contributed by atoms with van der Waals surface area (Å²) in [6, 6.07) is 13.0. The van der Waals surface area contributed by atoms with Crippen molar-refractivity contribution in [1.29, 1.82) is 0 Å². The van der Waals surface area contributed by atoms with Gasteiger partial charge in [0, 0.05) is 11.8 Å². The van der Waals surface area contributed by atoms with Gasteiger partial charge in [0.1, 0.15) is 11.5 Å². The zero-order valence-corrected chi connectivity index (χ0v) is 9.51. The molecule has 0 aliphatic heterocycles. The van der Waals surface area contributed by atoms with Gasteiger partial charge in [0.15, 0.2) is 0 Å². The van der Waals surface area contributed by atoms with Crippen molar-refractivity contribution >= 4 is 17.7 Å². The number of benzene rings is 1. The van der Waals surface area contributed by atoms with E-state index in [1.54, 1.807) is 6.08 Å². The molecule has 0 radical (unpaired) electrons. The van der Waals surface area contributed by atoms with Crippen molar-refractivity contribution in [2.75, 3.05) is 5.32 Å². The lowest BCUT2D eigenvalue weighted by Crippen LogP contribution is -2.07. The van der Waals surface area contributed by atoms with Crippen LogP contribution in [0.1, 0.15) is 11.5 Å². The minimum absolute atomic E-state index is 0.176. The van der Waals surface area contributed by atoms with Crippen LogP contribution in [-0.4, -0.2) is 5.91 Å². The maximum atomic E-state index is 11.6. The van der Waals surface area contributed by atoms with Crippen molar-refractivity contribution in [2.45, 2.75) is 6.92 Å². The zero-order valence-electron chi connectivity index (χ0n) is 9.51. The summed E-state index contributed by atoms with van der Waals surface area (Å²) < 4.78 is 5.32. The molecule has 17 heavy (non-hydrogen) atoms. The van der Waals surface area contributed by atoms with Crippen LogP contribution in [0.4, 0.5) is 5.69 Å². The minimum atomic E-state index is -0.176. The molecule has 0 saturated heterocycles. The molecule has 0 aliphatic carbocycles. The van der Waals surface area contributed by atoms with E-state index >= 15 is 0 Å². The molecular weight excluding hydrogens is 214 g/mol. The first-order chi connectivity index (χ1) is 8.24. The van der Waals surface area contributed by atoms with Crippen LogP contribution in [0, 0.1) is 6.92 Å². The molecular formula is C14H13NO2. The summed E-state index contributed by atoms with van der Waals surface area (Å²) in [6.45, 7) is 1.86. The number of furan rings is 1. The Morgan fingerprint density at radius 3 is 2.59 bits per heavy atom. The van der Waals surface area contributed by atoms with Crippen LogP contribution in [0.2, 0.25) is 0 Å². The summed E-state index contributed by atoms with van der Waals surface area (Å²) in [6.07, 6.45) is 3.09. The normalized spacial score (nSPS) is 10.6. The molecule has 0 atom stereocenters.